The highest BCUT2D eigenvalue weighted by Crippen LogP contribution is 2.15. The van der Waals surface area contributed by atoms with Crippen LogP contribution in [0.3, 0.4) is 0 Å². The predicted octanol–water partition coefficient (Wildman–Crippen LogP) is 21.5. The summed E-state index contributed by atoms with van der Waals surface area (Å²) in [5, 5.41) is 0. The van der Waals surface area contributed by atoms with Crippen LogP contribution in [0.1, 0.15) is 265 Å². The first-order chi connectivity index (χ1) is 38.0. The van der Waals surface area contributed by atoms with Gasteiger partial charge in [0, 0.05) is 12.8 Å². The molecule has 0 spiro atoms. The summed E-state index contributed by atoms with van der Waals surface area (Å²) in [4.78, 5) is 38.2. The Morgan fingerprint density at radius 1 is 0.286 bits per heavy atom. The van der Waals surface area contributed by atoms with Crippen LogP contribution in [0.25, 0.3) is 0 Å². The molecule has 0 bridgehead atoms. The van der Waals surface area contributed by atoms with E-state index in [0.717, 1.165) is 109 Å². The van der Waals surface area contributed by atoms with Crippen LogP contribution in [0, 0.1) is 0 Å². The van der Waals surface area contributed by atoms with Crippen LogP contribution in [0.5, 0.6) is 0 Å². The maximum Gasteiger partial charge on any atom is 0.309 e. The molecule has 0 N–H and O–H groups in total. The molecule has 0 saturated heterocycles. The second-order valence-electron chi connectivity index (χ2n) is 20.2. The number of hydrogen-bond acceptors (Lipinski definition) is 6. The molecule has 0 aliphatic carbocycles. The van der Waals surface area contributed by atoms with E-state index in [4.69, 9.17) is 14.2 Å². The second kappa shape index (κ2) is 63.8. The molecule has 1 atom stereocenters. The summed E-state index contributed by atoms with van der Waals surface area (Å²) >= 11 is 0. The van der Waals surface area contributed by atoms with Crippen molar-refractivity contribution in [3.63, 3.8) is 0 Å². The van der Waals surface area contributed by atoms with Gasteiger partial charge in [0.05, 0.1) is 6.42 Å². The van der Waals surface area contributed by atoms with Crippen molar-refractivity contribution >= 4 is 17.9 Å². The number of ether oxygens (including phenoxy) is 3. The highest BCUT2D eigenvalue weighted by Gasteiger charge is 2.19. The predicted molar refractivity (Wildman–Crippen MR) is 334 cm³/mol. The van der Waals surface area contributed by atoms with E-state index in [-0.39, 0.29) is 38.0 Å². The van der Waals surface area contributed by atoms with E-state index in [1.165, 1.54) is 109 Å². The van der Waals surface area contributed by atoms with Crippen molar-refractivity contribution in [1.82, 2.24) is 0 Å². The standard InChI is InChI=1S/C71H114O6/c1-4-7-10-13-16-19-22-25-28-30-32-33-34-35-36-37-39-40-43-46-49-52-55-58-61-64-70(73)76-67-68(66-75-69(72)63-60-57-54-51-48-45-42-27-24-21-18-15-12-9-6-3)77-71(74)65-62-59-56-53-50-47-44-41-38-31-29-26-23-20-17-14-11-8-5-2/h8-9,11-12,17-18,20-22,25-27,29-30,32,38,41-42,47-48,50-51,57,60,68H,4-7,10,13-16,19,23-24,28,31,33-37,39-40,43-46,49,52-56,58-59,61-67H2,1-3H3/b11-8-,12-9-,20-17-,21-18-,25-22-,29-26-,32-30-,41-38-,42-27-,50-47-,51-48-,60-57-. The van der Waals surface area contributed by atoms with Gasteiger partial charge in [0.25, 0.3) is 0 Å². The van der Waals surface area contributed by atoms with E-state index in [1.807, 2.05) is 6.08 Å². The molecule has 0 heterocycles. The molecule has 0 saturated carbocycles. The van der Waals surface area contributed by atoms with Gasteiger partial charge >= 0.3 is 17.9 Å². The lowest BCUT2D eigenvalue weighted by molar-refractivity contribution is -0.166. The fraction of sp³-hybridized carbons (Fsp3) is 0.620. The third-order valence-electron chi connectivity index (χ3n) is 12.8. The highest BCUT2D eigenvalue weighted by molar-refractivity contribution is 5.72. The number of allylic oxidation sites excluding steroid dienone is 23. The van der Waals surface area contributed by atoms with Crippen molar-refractivity contribution in [2.45, 2.75) is 271 Å². The van der Waals surface area contributed by atoms with Gasteiger partial charge in [-0.3, -0.25) is 14.4 Å². The molecule has 0 aromatic carbocycles. The minimum Gasteiger partial charge on any atom is -0.462 e. The van der Waals surface area contributed by atoms with Gasteiger partial charge < -0.3 is 14.2 Å². The zero-order chi connectivity index (χ0) is 55.7. The van der Waals surface area contributed by atoms with Gasteiger partial charge in [0.1, 0.15) is 13.2 Å². The molecule has 434 valence electrons. The SMILES string of the molecule is CC/C=C\C/C=C\C/C=C\C/C=C\C/C=C\CCCCCC(=O)OC(COC(=O)C/C=C\C/C=C\C/C=C\C/C=C\C/C=C\CC)COC(=O)CCCCCCCCCCCCCCC/C=C\C/C=C\CCCCCCC. The monoisotopic (exact) mass is 1060 g/mol. The molecule has 6 nitrogen and oxygen atoms in total. The van der Waals surface area contributed by atoms with Gasteiger partial charge in [0.2, 0.25) is 0 Å². The van der Waals surface area contributed by atoms with Crippen molar-refractivity contribution in [3.8, 4) is 0 Å². The first-order valence-electron chi connectivity index (χ1n) is 31.3. The molecule has 0 rings (SSSR count). The second-order valence-corrected chi connectivity index (χ2v) is 20.2. The average molecular weight is 1060 g/mol. The first-order valence-corrected chi connectivity index (χ1v) is 31.3. The van der Waals surface area contributed by atoms with E-state index >= 15 is 0 Å². The van der Waals surface area contributed by atoms with Gasteiger partial charge in [-0.15, -0.1) is 0 Å². The Morgan fingerprint density at radius 3 is 0.922 bits per heavy atom. The molecule has 0 aliphatic rings. The van der Waals surface area contributed by atoms with E-state index < -0.39 is 12.1 Å². The Morgan fingerprint density at radius 2 is 0.558 bits per heavy atom. The summed E-state index contributed by atoms with van der Waals surface area (Å²) in [5.74, 6) is -1.10. The molecule has 0 aliphatic heterocycles. The minimum atomic E-state index is -0.843. The molecule has 77 heavy (non-hydrogen) atoms. The van der Waals surface area contributed by atoms with E-state index in [0.29, 0.717) is 12.8 Å². The van der Waals surface area contributed by atoms with Crippen molar-refractivity contribution in [1.29, 1.82) is 0 Å². The highest BCUT2D eigenvalue weighted by atomic mass is 16.6. The lowest BCUT2D eigenvalue weighted by Gasteiger charge is -2.18. The summed E-state index contributed by atoms with van der Waals surface area (Å²) in [6.07, 6.45) is 91.7. The Hall–Kier alpha value is -4.71. The molecule has 0 aromatic heterocycles. The third kappa shape index (κ3) is 62.0. The van der Waals surface area contributed by atoms with Crippen molar-refractivity contribution < 1.29 is 28.6 Å². The largest absolute Gasteiger partial charge is 0.462 e. The molecule has 0 fully saturated rings. The summed E-state index contributed by atoms with van der Waals surface area (Å²) in [6.45, 7) is 6.29. The Labute approximate surface area is 474 Å². The smallest absolute Gasteiger partial charge is 0.309 e. The molecular weight excluding hydrogens is 949 g/mol. The summed E-state index contributed by atoms with van der Waals surface area (Å²) in [5.41, 5.74) is 0. The number of esters is 3. The quantitative estimate of drug-likeness (QED) is 0.0261. The van der Waals surface area contributed by atoms with Crippen molar-refractivity contribution in [2.75, 3.05) is 13.2 Å². The summed E-state index contributed by atoms with van der Waals surface area (Å²) in [7, 11) is 0. The minimum absolute atomic E-state index is 0.114. The van der Waals surface area contributed by atoms with E-state index in [1.54, 1.807) is 6.08 Å². The van der Waals surface area contributed by atoms with Crippen LogP contribution in [0.15, 0.2) is 146 Å². The zero-order valence-electron chi connectivity index (χ0n) is 49.7. The van der Waals surface area contributed by atoms with Crippen LogP contribution in [0.2, 0.25) is 0 Å². The van der Waals surface area contributed by atoms with E-state index in [9.17, 15) is 14.4 Å². The number of hydrogen-bond donors (Lipinski definition) is 0. The van der Waals surface area contributed by atoms with Gasteiger partial charge in [-0.25, -0.2) is 0 Å². The van der Waals surface area contributed by atoms with Gasteiger partial charge in [-0.2, -0.15) is 0 Å². The lowest BCUT2D eigenvalue weighted by Crippen LogP contribution is -2.30. The maximum absolute atomic E-state index is 12.9. The Kier molecular flexibility index (Phi) is 59.9. The lowest BCUT2D eigenvalue weighted by atomic mass is 10.0. The van der Waals surface area contributed by atoms with Gasteiger partial charge in [-0.1, -0.05) is 269 Å². The number of carbonyl (C=O) groups is 3. The van der Waals surface area contributed by atoms with Crippen LogP contribution in [-0.4, -0.2) is 37.2 Å². The third-order valence-corrected chi connectivity index (χ3v) is 12.8. The molecule has 6 heteroatoms. The van der Waals surface area contributed by atoms with Crippen LogP contribution >= 0.6 is 0 Å². The Balaban J connectivity index is 4.47. The summed E-state index contributed by atoms with van der Waals surface area (Å²) < 4.78 is 16.8. The maximum atomic E-state index is 12.9. The van der Waals surface area contributed by atoms with Crippen LogP contribution in [0.4, 0.5) is 0 Å². The van der Waals surface area contributed by atoms with Gasteiger partial charge in [0.15, 0.2) is 6.10 Å². The molecule has 0 aromatic rings. The average Bonchev–Trinajstić information content (AvgIpc) is 3.43. The summed E-state index contributed by atoms with van der Waals surface area (Å²) in [6, 6.07) is 0. The fourth-order valence-corrected chi connectivity index (χ4v) is 8.22. The zero-order valence-corrected chi connectivity index (χ0v) is 49.7. The van der Waals surface area contributed by atoms with Crippen molar-refractivity contribution in [2.24, 2.45) is 0 Å². The van der Waals surface area contributed by atoms with E-state index in [2.05, 4.69) is 154 Å². The Bertz CT molecular complexity index is 1700. The normalized spacial score (nSPS) is 13.1. The van der Waals surface area contributed by atoms with Crippen LogP contribution in [-0.2, 0) is 28.6 Å². The molecular formula is C71H114O6. The number of unbranched alkanes of at least 4 members (excludes halogenated alkanes) is 21. The van der Waals surface area contributed by atoms with Crippen molar-refractivity contribution in [3.05, 3.63) is 146 Å². The van der Waals surface area contributed by atoms with Gasteiger partial charge in [-0.05, 0) is 122 Å². The fourth-order valence-electron chi connectivity index (χ4n) is 8.22. The molecule has 0 radical (unpaired) electrons. The molecule has 0 amide bonds. The first kappa shape index (κ1) is 72.3. The van der Waals surface area contributed by atoms with Crippen LogP contribution < -0.4 is 0 Å². The molecule has 1 unspecified atom stereocenters. The number of carbonyl (C=O) groups excluding carboxylic acids is 3. The topological polar surface area (TPSA) is 78.9 Å². The number of rotatable bonds is 55.